The summed E-state index contributed by atoms with van der Waals surface area (Å²) in [5.74, 6) is 0. The highest BCUT2D eigenvalue weighted by Gasteiger charge is 2.16. The lowest BCUT2D eigenvalue weighted by molar-refractivity contribution is 0.221. The second-order valence-corrected chi connectivity index (χ2v) is 5.52. The van der Waals surface area contributed by atoms with Crippen molar-refractivity contribution in [2.24, 2.45) is 0 Å². The summed E-state index contributed by atoms with van der Waals surface area (Å²) >= 11 is 7.13. The SMILES string of the molecule is OC(c1ncc(Cl)s1)c1cccc2ncccc12. The van der Waals surface area contributed by atoms with Gasteiger partial charge in [0.1, 0.15) is 15.4 Å². The van der Waals surface area contributed by atoms with Gasteiger partial charge < -0.3 is 5.11 Å². The molecule has 1 aromatic carbocycles. The summed E-state index contributed by atoms with van der Waals surface area (Å²) in [5, 5.41) is 11.9. The van der Waals surface area contributed by atoms with Gasteiger partial charge in [-0.05, 0) is 17.7 Å². The quantitative estimate of drug-likeness (QED) is 0.780. The van der Waals surface area contributed by atoms with Gasteiger partial charge in [-0.3, -0.25) is 4.98 Å². The number of hydrogen-bond donors (Lipinski definition) is 1. The Morgan fingerprint density at radius 3 is 2.83 bits per heavy atom. The summed E-state index contributed by atoms with van der Waals surface area (Å²) in [6.07, 6.45) is 2.52. The van der Waals surface area contributed by atoms with Gasteiger partial charge in [0.15, 0.2) is 0 Å². The highest BCUT2D eigenvalue weighted by molar-refractivity contribution is 7.15. The number of nitrogens with zero attached hydrogens (tertiary/aromatic N) is 2. The molecule has 3 aromatic rings. The molecule has 0 aliphatic heterocycles. The molecule has 5 heteroatoms. The van der Waals surface area contributed by atoms with Crippen LogP contribution in [0.2, 0.25) is 4.34 Å². The second-order valence-electron chi connectivity index (χ2n) is 3.82. The van der Waals surface area contributed by atoms with Crippen LogP contribution in [0.1, 0.15) is 16.7 Å². The Bertz CT molecular complexity index is 693. The van der Waals surface area contributed by atoms with E-state index in [2.05, 4.69) is 9.97 Å². The second kappa shape index (κ2) is 4.65. The van der Waals surface area contributed by atoms with Crippen LogP contribution in [0.3, 0.4) is 0 Å². The third-order valence-corrected chi connectivity index (χ3v) is 3.87. The third kappa shape index (κ3) is 1.99. The molecule has 1 unspecified atom stereocenters. The first kappa shape index (κ1) is 11.6. The molecule has 0 saturated carbocycles. The molecular formula is C13H9ClN2OS. The highest BCUT2D eigenvalue weighted by atomic mass is 35.5. The van der Waals surface area contributed by atoms with Gasteiger partial charge in [0.05, 0.1) is 11.7 Å². The molecule has 1 atom stereocenters. The molecule has 0 spiro atoms. The Balaban J connectivity index is 2.14. The van der Waals surface area contributed by atoms with E-state index in [9.17, 15) is 5.11 Å². The van der Waals surface area contributed by atoms with Crippen LogP contribution in [-0.4, -0.2) is 15.1 Å². The molecule has 0 saturated heterocycles. The van der Waals surface area contributed by atoms with E-state index in [1.807, 2.05) is 30.3 Å². The highest BCUT2D eigenvalue weighted by Crippen LogP contribution is 2.31. The van der Waals surface area contributed by atoms with Gasteiger partial charge in [-0.1, -0.05) is 29.8 Å². The zero-order valence-electron chi connectivity index (χ0n) is 9.25. The molecular weight excluding hydrogens is 268 g/mol. The summed E-state index contributed by atoms with van der Waals surface area (Å²) in [4.78, 5) is 8.38. The van der Waals surface area contributed by atoms with Crippen molar-refractivity contribution in [1.29, 1.82) is 0 Å². The lowest BCUT2D eigenvalue weighted by atomic mass is 10.0. The Morgan fingerprint density at radius 1 is 1.17 bits per heavy atom. The van der Waals surface area contributed by atoms with Crippen molar-refractivity contribution in [3.8, 4) is 0 Å². The number of aromatic nitrogens is 2. The van der Waals surface area contributed by atoms with Crippen LogP contribution in [0.15, 0.2) is 42.7 Å². The molecule has 0 amide bonds. The number of benzene rings is 1. The molecule has 1 N–H and O–H groups in total. The molecule has 18 heavy (non-hydrogen) atoms. The zero-order chi connectivity index (χ0) is 12.5. The molecule has 3 rings (SSSR count). The summed E-state index contributed by atoms with van der Waals surface area (Å²) in [7, 11) is 0. The Kier molecular flexibility index (Phi) is 2.99. The third-order valence-electron chi connectivity index (χ3n) is 2.70. The van der Waals surface area contributed by atoms with Crippen molar-refractivity contribution in [2.45, 2.75) is 6.10 Å². The molecule has 0 aliphatic carbocycles. The molecule has 2 heterocycles. The van der Waals surface area contributed by atoms with Crippen LogP contribution in [0.5, 0.6) is 0 Å². The summed E-state index contributed by atoms with van der Waals surface area (Å²) in [6, 6.07) is 9.47. The first-order valence-electron chi connectivity index (χ1n) is 5.38. The molecule has 3 nitrogen and oxygen atoms in total. The fourth-order valence-corrected chi connectivity index (χ4v) is 2.83. The van der Waals surface area contributed by atoms with E-state index < -0.39 is 6.10 Å². The van der Waals surface area contributed by atoms with E-state index in [-0.39, 0.29) is 0 Å². The Morgan fingerprint density at radius 2 is 2.06 bits per heavy atom. The van der Waals surface area contributed by atoms with Gasteiger partial charge in [0, 0.05) is 11.6 Å². The minimum atomic E-state index is -0.768. The number of fused-ring (bicyclic) bond motifs is 1. The van der Waals surface area contributed by atoms with Gasteiger partial charge in [-0.25, -0.2) is 4.98 Å². The first-order chi connectivity index (χ1) is 8.75. The maximum atomic E-state index is 10.4. The number of pyridine rings is 1. The molecule has 0 bridgehead atoms. The number of aliphatic hydroxyl groups excluding tert-OH is 1. The predicted molar refractivity (Wildman–Crippen MR) is 72.9 cm³/mol. The van der Waals surface area contributed by atoms with Crippen LogP contribution >= 0.6 is 22.9 Å². The van der Waals surface area contributed by atoms with Crippen molar-refractivity contribution >= 4 is 33.8 Å². The standard InChI is InChI=1S/C13H9ClN2OS/c14-11-7-16-13(18-11)12(17)9-3-1-5-10-8(9)4-2-6-15-10/h1-7,12,17H. The van der Waals surface area contributed by atoms with Gasteiger partial charge in [-0.15, -0.1) is 11.3 Å². The fourth-order valence-electron chi connectivity index (χ4n) is 1.89. The first-order valence-corrected chi connectivity index (χ1v) is 6.58. The average Bonchev–Trinajstić information content (AvgIpc) is 2.84. The minimum Gasteiger partial charge on any atom is -0.381 e. The monoisotopic (exact) mass is 276 g/mol. The summed E-state index contributed by atoms with van der Waals surface area (Å²) in [5.41, 5.74) is 1.66. The fraction of sp³-hybridized carbons (Fsp3) is 0.0769. The van der Waals surface area contributed by atoms with Crippen molar-refractivity contribution in [3.63, 3.8) is 0 Å². The lowest BCUT2D eigenvalue weighted by Crippen LogP contribution is -2.00. The van der Waals surface area contributed by atoms with Crippen molar-refractivity contribution in [3.05, 3.63) is 57.6 Å². The number of halogens is 1. The van der Waals surface area contributed by atoms with Crippen molar-refractivity contribution in [2.75, 3.05) is 0 Å². The summed E-state index contributed by atoms with van der Waals surface area (Å²) < 4.78 is 0.572. The van der Waals surface area contributed by atoms with Crippen molar-refractivity contribution in [1.82, 2.24) is 9.97 Å². The molecule has 0 aliphatic rings. The summed E-state index contributed by atoms with van der Waals surface area (Å²) in [6.45, 7) is 0. The van der Waals surface area contributed by atoms with E-state index >= 15 is 0 Å². The van der Waals surface area contributed by atoms with E-state index in [1.54, 1.807) is 12.4 Å². The van der Waals surface area contributed by atoms with Crippen molar-refractivity contribution < 1.29 is 5.11 Å². The van der Waals surface area contributed by atoms with Gasteiger partial charge in [0.25, 0.3) is 0 Å². The van der Waals surface area contributed by atoms with E-state index in [0.29, 0.717) is 9.34 Å². The molecule has 2 aromatic heterocycles. The predicted octanol–water partition coefficient (Wildman–Crippen LogP) is 3.43. The number of rotatable bonds is 2. The normalized spacial score (nSPS) is 12.8. The van der Waals surface area contributed by atoms with Gasteiger partial charge in [0.2, 0.25) is 0 Å². The lowest BCUT2D eigenvalue weighted by Gasteiger charge is -2.10. The van der Waals surface area contributed by atoms with E-state index in [0.717, 1.165) is 16.5 Å². The number of hydrogen-bond acceptors (Lipinski definition) is 4. The smallest absolute Gasteiger partial charge is 0.131 e. The maximum Gasteiger partial charge on any atom is 0.131 e. The van der Waals surface area contributed by atoms with Gasteiger partial charge in [-0.2, -0.15) is 0 Å². The minimum absolute atomic E-state index is 0.572. The largest absolute Gasteiger partial charge is 0.381 e. The van der Waals surface area contributed by atoms with Crippen LogP contribution < -0.4 is 0 Å². The number of thiazole rings is 1. The number of aliphatic hydroxyl groups is 1. The Hall–Kier alpha value is -1.49. The van der Waals surface area contributed by atoms with Crippen LogP contribution in [-0.2, 0) is 0 Å². The molecule has 0 radical (unpaired) electrons. The zero-order valence-corrected chi connectivity index (χ0v) is 10.8. The van der Waals surface area contributed by atoms with E-state index in [1.165, 1.54) is 11.3 Å². The Labute approximate surface area is 113 Å². The van der Waals surface area contributed by atoms with E-state index in [4.69, 9.17) is 11.6 Å². The average molecular weight is 277 g/mol. The molecule has 0 fully saturated rings. The van der Waals surface area contributed by atoms with Crippen LogP contribution in [0, 0.1) is 0 Å². The van der Waals surface area contributed by atoms with Crippen LogP contribution in [0.4, 0.5) is 0 Å². The van der Waals surface area contributed by atoms with Gasteiger partial charge >= 0.3 is 0 Å². The molecule has 90 valence electrons. The maximum absolute atomic E-state index is 10.4. The topological polar surface area (TPSA) is 46.0 Å². The van der Waals surface area contributed by atoms with Crippen LogP contribution in [0.25, 0.3) is 10.9 Å².